The number of carbonyl (C=O) groups is 2. The lowest BCUT2D eigenvalue weighted by Gasteiger charge is -2.19. The molecule has 0 aromatic rings. The molecule has 0 heterocycles. The Morgan fingerprint density at radius 2 is 1.04 bits per heavy atom. The van der Waals surface area contributed by atoms with Gasteiger partial charge in [-0.15, -0.1) is 0 Å². The molecule has 0 aliphatic rings. The van der Waals surface area contributed by atoms with Gasteiger partial charge in [0.2, 0.25) is 0 Å². The Labute approximate surface area is 311 Å². The van der Waals surface area contributed by atoms with Gasteiger partial charge in [0.25, 0.3) is 0 Å². The topological polar surface area (TPSA) is 134 Å². The second kappa shape index (κ2) is 37.7. The molecule has 0 rings (SSSR count). The van der Waals surface area contributed by atoms with E-state index in [1.54, 1.807) is 0 Å². The third kappa shape index (κ3) is 37.5. The zero-order chi connectivity index (χ0) is 37.5. The number of phosphoric ester groups is 1. The summed E-state index contributed by atoms with van der Waals surface area (Å²) in [5, 5.41) is 0. The SMILES string of the molecule is CCCCCC/C=C/CCCCCCCC(=O)O[C@H](COC(=O)CCC/C=C/C/C=C/C/C=C/CCCCCCCC)COP(=O)(O)OCCN. The molecule has 1 unspecified atom stereocenters. The predicted molar refractivity (Wildman–Crippen MR) is 210 cm³/mol. The van der Waals surface area contributed by atoms with Gasteiger partial charge < -0.3 is 20.1 Å². The first-order chi connectivity index (χ1) is 24.8. The van der Waals surface area contributed by atoms with Crippen molar-refractivity contribution in [1.29, 1.82) is 0 Å². The van der Waals surface area contributed by atoms with Crippen LogP contribution in [0.2, 0.25) is 0 Å². The molecule has 51 heavy (non-hydrogen) atoms. The summed E-state index contributed by atoms with van der Waals surface area (Å²) >= 11 is 0. The average molecular weight is 740 g/mol. The zero-order valence-corrected chi connectivity index (χ0v) is 33.2. The molecule has 2 atom stereocenters. The first-order valence-electron chi connectivity index (χ1n) is 20.1. The molecule has 0 aromatic heterocycles. The number of hydrogen-bond donors (Lipinski definition) is 2. The summed E-state index contributed by atoms with van der Waals surface area (Å²) in [6, 6.07) is 0. The number of carbonyl (C=O) groups excluding carboxylic acids is 2. The molecule has 0 aromatic carbocycles. The van der Waals surface area contributed by atoms with Gasteiger partial charge in [0.1, 0.15) is 6.61 Å². The van der Waals surface area contributed by atoms with E-state index in [1.807, 2.05) is 0 Å². The minimum atomic E-state index is -4.39. The summed E-state index contributed by atoms with van der Waals surface area (Å²) in [5.74, 6) is -0.903. The Hall–Kier alpha value is -2.03. The minimum Gasteiger partial charge on any atom is -0.462 e. The highest BCUT2D eigenvalue weighted by molar-refractivity contribution is 7.47. The van der Waals surface area contributed by atoms with Crippen molar-refractivity contribution in [3.63, 3.8) is 0 Å². The molecule has 0 saturated carbocycles. The number of unbranched alkanes of at least 4 members (excludes halogenated alkanes) is 16. The fraction of sp³-hybridized carbons (Fsp3) is 0.756. The molecular formula is C41H74NO8P. The standard InChI is InChI=1S/C41H74NO8P/c1-3-5-7-9-11-13-15-17-18-19-20-22-23-25-27-29-31-33-40(43)47-37-39(38-49-51(45,46)48-36-35-42)50-41(44)34-32-30-28-26-24-21-16-14-12-10-8-6-4-2/h14,16-18,20,22,25,27,39H,3-13,15,19,21,23-24,26,28-38,42H2,1-2H3,(H,45,46)/b16-14+,18-17+,22-20+,27-25+/t39-/m1/s1. The van der Waals surface area contributed by atoms with Crippen molar-refractivity contribution in [2.45, 2.75) is 174 Å². The lowest BCUT2D eigenvalue weighted by atomic mass is 10.1. The van der Waals surface area contributed by atoms with Crippen LogP contribution in [0, 0.1) is 0 Å². The van der Waals surface area contributed by atoms with Gasteiger partial charge in [0.05, 0.1) is 13.2 Å². The van der Waals surface area contributed by atoms with Crippen LogP contribution in [-0.4, -0.2) is 49.3 Å². The van der Waals surface area contributed by atoms with E-state index in [1.165, 1.54) is 64.2 Å². The van der Waals surface area contributed by atoms with Gasteiger partial charge >= 0.3 is 19.8 Å². The van der Waals surface area contributed by atoms with Crippen LogP contribution in [0.5, 0.6) is 0 Å². The van der Waals surface area contributed by atoms with Crippen molar-refractivity contribution in [2.24, 2.45) is 5.73 Å². The minimum absolute atomic E-state index is 0.0443. The van der Waals surface area contributed by atoms with Gasteiger partial charge in [-0.2, -0.15) is 0 Å². The Morgan fingerprint density at radius 3 is 1.61 bits per heavy atom. The fourth-order valence-electron chi connectivity index (χ4n) is 5.17. The number of hydrogen-bond acceptors (Lipinski definition) is 8. The first kappa shape index (κ1) is 49.0. The molecule has 0 saturated heterocycles. The molecule has 0 bridgehead atoms. The maximum atomic E-state index is 12.5. The number of phosphoric acid groups is 1. The highest BCUT2D eigenvalue weighted by Gasteiger charge is 2.25. The molecule has 0 radical (unpaired) electrons. The predicted octanol–water partition coefficient (Wildman–Crippen LogP) is 11.2. The van der Waals surface area contributed by atoms with Crippen molar-refractivity contribution in [3.8, 4) is 0 Å². The Balaban J connectivity index is 4.30. The molecule has 10 heteroatoms. The van der Waals surface area contributed by atoms with Crippen LogP contribution >= 0.6 is 7.82 Å². The number of allylic oxidation sites excluding steroid dienone is 8. The van der Waals surface area contributed by atoms with E-state index >= 15 is 0 Å². The van der Waals surface area contributed by atoms with Crippen molar-refractivity contribution in [1.82, 2.24) is 0 Å². The third-order valence-electron chi connectivity index (χ3n) is 8.19. The summed E-state index contributed by atoms with van der Waals surface area (Å²) < 4.78 is 32.6. The summed E-state index contributed by atoms with van der Waals surface area (Å²) in [5.41, 5.74) is 5.33. The number of esters is 2. The number of nitrogens with two attached hydrogens (primary N) is 1. The highest BCUT2D eigenvalue weighted by Crippen LogP contribution is 2.43. The lowest BCUT2D eigenvalue weighted by molar-refractivity contribution is -0.161. The quantitative estimate of drug-likeness (QED) is 0.0276. The summed E-state index contributed by atoms with van der Waals surface area (Å²) in [6.07, 6.45) is 41.5. The molecule has 0 aliphatic heterocycles. The van der Waals surface area contributed by atoms with E-state index in [0.717, 1.165) is 64.2 Å². The van der Waals surface area contributed by atoms with Crippen LogP contribution in [0.1, 0.15) is 168 Å². The highest BCUT2D eigenvalue weighted by atomic mass is 31.2. The van der Waals surface area contributed by atoms with Gasteiger partial charge in [0, 0.05) is 19.4 Å². The van der Waals surface area contributed by atoms with Gasteiger partial charge in [-0.3, -0.25) is 18.6 Å². The van der Waals surface area contributed by atoms with Crippen LogP contribution in [0.4, 0.5) is 0 Å². The van der Waals surface area contributed by atoms with Gasteiger partial charge in [-0.25, -0.2) is 4.57 Å². The second-order valence-corrected chi connectivity index (χ2v) is 14.6. The van der Waals surface area contributed by atoms with Crippen LogP contribution in [0.3, 0.4) is 0 Å². The normalized spacial score (nSPS) is 13.9. The van der Waals surface area contributed by atoms with Crippen LogP contribution in [0.15, 0.2) is 48.6 Å². The van der Waals surface area contributed by atoms with E-state index in [0.29, 0.717) is 12.8 Å². The smallest absolute Gasteiger partial charge is 0.462 e. The largest absolute Gasteiger partial charge is 0.472 e. The van der Waals surface area contributed by atoms with Crippen molar-refractivity contribution in [2.75, 3.05) is 26.4 Å². The van der Waals surface area contributed by atoms with Gasteiger partial charge in [0.15, 0.2) is 6.10 Å². The third-order valence-corrected chi connectivity index (χ3v) is 9.17. The zero-order valence-electron chi connectivity index (χ0n) is 32.3. The molecule has 0 spiro atoms. The summed E-state index contributed by atoms with van der Waals surface area (Å²) in [4.78, 5) is 34.7. The Bertz CT molecular complexity index is 981. The van der Waals surface area contributed by atoms with Crippen molar-refractivity contribution < 1.29 is 37.6 Å². The van der Waals surface area contributed by atoms with E-state index in [4.69, 9.17) is 24.3 Å². The van der Waals surface area contributed by atoms with Crippen LogP contribution in [-0.2, 0) is 32.7 Å². The van der Waals surface area contributed by atoms with Gasteiger partial charge in [-0.1, -0.05) is 133 Å². The molecular weight excluding hydrogens is 665 g/mol. The molecule has 0 fully saturated rings. The Kier molecular flexibility index (Phi) is 36.2. The fourth-order valence-corrected chi connectivity index (χ4v) is 5.94. The van der Waals surface area contributed by atoms with Crippen molar-refractivity contribution in [3.05, 3.63) is 48.6 Å². The first-order valence-corrected chi connectivity index (χ1v) is 21.6. The van der Waals surface area contributed by atoms with Gasteiger partial charge in [-0.05, 0) is 70.6 Å². The maximum absolute atomic E-state index is 12.5. The lowest BCUT2D eigenvalue weighted by Crippen LogP contribution is -2.29. The van der Waals surface area contributed by atoms with E-state index in [9.17, 15) is 19.0 Å². The van der Waals surface area contributed by atoms with Crippen LogP contribution < -0.4 is 5.73 Å². The molecule has 0 amide bonds. The molecule has 296 valence electrons. The average Bonchev–Trinajstić information content (AvgIpc) is 3.11. The number of rotatable bonds is 37. The van der Waals surface area contributed by atoms with E-state index in [-0.39, 0.29) is 32.6 Å². The van der Waals surface area contributed by atoms with E-state index in [2.05, 4.69) is 62.5 Å². The van der Waals surface area contributed by atoms with E-state index < -0.39 is 32.5 Å². The number of ether oxygens (including phenoxy) is 2. The maximum Gasteiger partial charge on any atom is 0.472 e. The Morgan fingerprint density at radius 1 is 0.588 bits per heavy atom. The monoisotopic (exact) mass is 740 g/mol. The van der Waals surface area contributed by atoms with Crippen LogP contribution in [0.25, 0.3) is 0 Å². The summed E-state index contributed by atoms with van der Waals surface area (Å²) in [7, 11) is -4.39. The molecule has 3 N–H and O–H groups in total. The summed E-state index contributed by atoms with van der Waals surface area (Å²) in [6.45, 7) is 3.63. The molecule has 0 aliphatic carbocycles. The van der Waals surface area contributed by atoms with Crippen molar-refractivity contribution >= 4 is 19.8 Å². The molecule has 9 nitrogen and oxygen atoms in total. The second-order valence-electron chi connectivity index (χ2n) is 13.1.